The second kappa shape index (κ2) is 9.97. The highest BCUT2D eigenvalue weighted by Gasteiger charge is 2.11. The van der Waals surface area contributed by atoms with E-state index in [1.54, 1.807) is 0 Å². The first-order valence-electron chi connectivity index (χ1n) is 7.63. The highest BCUT2D eigenvalue weighted by molar-refractivity contribution is 5.78. The molecule has 0 heterocycles. The van der Waals surface area contributed by atoms with Crippen molar-refractivity contribution in [2.75, 3.05) is 6.54 Å². The number of nitrogens with one attached hydrogen (secondary N) is 1. The lowest BCUT2D eigenvalue weighted by Crippen LogP contribution is -2.30. The van der Waals surface area contributed by atoms with Gasteiger partial charge in [0.05, 0.1) is 0 Å². The largest absolute Gasteiger partial charge is 0.481 e. The normalized spacial score (nSPS) is 11.9. The van der Waals surface area contributed by atoms with Gasteiger partial charge in [-0.15, -0.1) is 0 Å². The van der Waals surface area contributed by atoms with Gasteiger partial charge in [0, 0.05) is 18.9 Å². The van der Waals surface area contributed by atoms with Crippen molar-refractivity contribution in [3.63, 3.8) is 0 Å². The zero-order valence-electron chi connectivity index (χ0n) is 12.7. The van der Waals surface area contributed by atoms with Gasteiger partial charge in [-0.25, -0.2) is 0 Å². The topological polar surface area (TPSA) is 66.4 Å². The smallest absolute Gasteiger partial charge is 0.303 e. The standard InChI is InChI=1S/C17H25NO3/c1-14(8-7-11-15-9-3-2-4-10-15)17(21)18-13-6-5-12-16(19)20/h2-4,9-10,14H,5-8,11-13H2,1H3,(H,18,21)(H,19,20). The monoisotopic (exact) mass is 291 g/mol. The van der Waals surface area contributed by atoms with Crippen molar-refractivity contribution in [1.29, 1.82) is 0 Å². The quantitative estimate of drug-likeness (QED) is 0.651. The molecule has 1 rings (SSSR count). The molecule has 0 radical (unpaired) electrons. The van der Waals surface area contributed by atoms with E-state index in [0.29, 0.717) is 13.0 Å². The van der Waals surface area contributed by atoms with E-state index in [1.807, 2.05) is 25.1 Å². The minimum Gasteiger partial charge on any atom is -0.481 e. The van der Waals surface area contributed by atoms with Gasteiger partial charge in [-0.05, 0) is 37.7 Å². The molecule has 0 aliphatic carbocycles. The van der Waals surface area contributed by atoms with E-state index in [2.05, 4.69) is 17.4 Å². The van der Waals surface area contributed by atoms with Gasteiger partial charge >= 0.3 is 5.97 Å². The van der Waals surface area contributed by atoms with E-state index in [9.17, 15) is 9.59 Å². The van der Waals surface area contributed by atoms with Gasteiger partial charge in [-0.3, -0.25) is 9.59 Å². The van der Waals surface area contributed by atoms with Gasteiger partial charge in [-0.2, -0.15) is 0 Å². The fourth-order valence-electron chi connectivity index (χ4n) is 2.18. The Kier molecular flexibility index (Phi) is 8.17. The molecule has 0 spiro atoms. The summed E-state index contributed by atoms with van der Waals surface area (Å²) in [5.41, 5.74) is 1.30. The number of hydrogen-bond donors (Lipinski definition) is 2. The summed E-state index contributed by atoms with van der Waals surface area (Å²) in [6.45, 7) is 2.51. The average Bonchev–Trinajstić information content (AvgIpc) is 2.47. The van der Waals surface area contributed by atoms with Gasteiger partial charge in [0.15, 0.2) is 0 Å². The van der Waals surface area contributed by atoms with Crippen molar-refractivity contribution in [2.45, 2.75) is 45.4 Å². The van der Waals surface area contributed by atoms with Crippen LogP contribution in [0, 0.1) is 5.92 Å². The van der Waals surface area contributed by atoms with E-state index in [0.717, 1.165) is 25.7 Å². The van der Waals surface area contributed by atoms with Crippen molar-refractivity contribution in [1.82, 2.24) is 5.32 Å². The first-order chi connectivity index (χ1) is 10.1. The Morgan fingerprint density at radius 2 is 1.86 bits per heavy atom. The van der Waals surface area contributed by atoms with Crippen LogP contribution in [0.1, 0.15) is 44.6 Å². The molecule has 0 aromatic heterocycles. The summed E-state index contributed by atoms with van der Waals surface area (Å²) in [5.74, 6) is -0.706. The van der Waals surface area contributed by atoms with Crippen LogP contribution < -0.4 is 5.32 Å². The van der Waals surface area contributed by atoms with E-state index in [1.165, 1.54) is 5.56 Å². The average molecular weight is 291 g/mol. The molecular formula is C17H25NO3. The summed E-state index contributed by atoms with van der Waals surface area (Å²) in [7, 11) is 0. The molecule has 1 atom stereocenters. The van der Waals surface area contributed by atoms with Crippen LogP contribution in [0.4, 0.5) is 0 Å². The molecule has 1 unspecified atom stereocenters. The van der Waals surface area contributed by atoms with E-state index >= 15 is 0 Å². The number of rotatable bonds is 10. The van der Waals surface area contributed by atoms with Gasteiger partial charge in [-0.1, -0.05) is 37.3 Å². The molecule has 4 heteroatoms. The molecule has 0 bridgehead atoms. The molecule has 4 nitrogen and oxygen atoms in total. The molecule has 0 aliphatic heterocycles. The predicted molar refractivity (Wildman–Crippen MR) is 83.0 cm³/mol. The Hall–Kier alpha value is -1.84. The molecule has 1 aromatic rings. The van der Waals surface area contributed by atoms with Crippen LogP contribution in [0.5, 0.6) is 0 Å². The lowest BCUT2D eigenvalue weighted by molar-refractivity contribution is -0.137. The van der Waals surface area contributed by atoms with Crippen LogP contribution in [-0.4, -0.2) is 23.5 Å². The molecular weight excluding hydrogens is 266 g/mol. The van der Waals surface area contributed by atoms with Crippen LogP contribution >= 0.6 is 0 Å². The number of aryl methyl sites for hydroxylation is 1. The summed E-state index contributed by atoms with van der Waals surface area (Å²) in [4.78, 5) is 22.2. The molecule has 0 saturated heterocycles. The Balaban J connectivity index is 2.09. The second-order valence-electron chi connectivity index (χ2n) is 5.42. The maximum absolute atomic E-state index is 11.9. The highest BCUT2D eigenvalue weighted by Crippen LogP contribution is 2.10. The SMILES string of the molecule is CC(CCCc1ccccc1)C(=O)NCCCCC(=O)O. The summed E-state index contributed by atoms with van der Waals surface area (Å²) < 4.78 is 0. The highest BCUT2D eigenvalue weighted by atomic mass is 16.4. The van der Waals surface area contributed by atoms with Crippen molar-refractivity contribution in [2.24, 2.45) is 5.92 Å². The number of benzene rings is 1. The molecule has 0 saturated carbocycles. The van der Waals surface area contributed by atoms with E-state index in [4.69, 9.17) is 5.11 Å². The van der Waals surface area contributed by atoms with Crippen LogP contribution in [0.15, 0.2) is 30.3 Å². The van der Waals surface area contributed by atoms with Gasteiger partial charge in [0.1, 0.15) is 0 Å². The predicted octanol–water partition coefficient (Wildman–Crippen LogP) is 3.02. The van der Waals surface area contributed by atoms with Crippen molar-refractivity contribution < 1.29 is 14.7 Å². The number of carbonyl (C=O) groups is 2. The first kappa shape index (κ1) is 17.2. The summed E-state index contributed by atoms with van der Waals surface area (Å²) >= 11 is 0. The number of amides is 1. The number of hydrogen-bond acceptors (Lipinski definition) is 2. The van der Waals surface area contributed by atoms with Gasteiger partial charge in [0.2, 0.25) is 5.91 Å². The molecule has 1 aromatic carbocycles. The summed E-state index contributed by atoms with van der Waals surface area (Å²) in [6.07, 6.45) is 4.36. The van der Waals surface area contributed by atoms with Gasteiger partial charge < -0.3 is 10.4 Å². The first-order valence-corrected chi connectivity index (χ1v) is 7.63. The molecule has 21 heavy (non-hydrogen) atoms. The van der Waals surface area contributed by atoms with Gasteiger partial charge in [0.25, 0.3) is 0 Å². The second-order valence-corrected chi connectivity index (χ2v) is 5.42. The van der Waals surface area contributed by atoms with Crippen LogP contribution in [0.2, 0.25) is 0 Å². The lowest BCUT2D eigenvalue weighted by Gasteiger charge is -2.12. The third-order valence-corrected chi connectivity index (χ3v) is 3.51. The van der Waals surface area contributed by atoms with Crippen molar-refractivity contribution in [3.8, 4) is 0 Å². The number of carboxylic acids is 1. The van der Waals surface area contributed by atoms with Crippen molar-refractivity contribution in [3.05, 3.63) is 35.9 Å². The fraction of sp³-hybridized carbons (Fsp3) is 0.529. The van der Waals surface area contributed by atoms with Crippen LogP contribution in [0.3, 0.4) is 0 Å². The Bertz CT molecular complexity index is 431. The zero-order chi connectivity index (χ0) is 15.5. The number of unbranched alkanes of at least 4 members (excludes halogenated alkanes) is 1. The number of carboxylic acid groups (broad SMARTS) is 1. The molecule has 1 amide bonds. The third-order valence-electron chi connectivity index (χ3n) is 3.51. The molecule has 2 N–H and O–H groups in total. The third kappa shape index (κ3) is 8.12. The Morgan fingerprint density at radius 3 is 2.52 bits per heavy atom. The van der Waals surface area contributed by atoms with E-state index in [-0.39, 0.29) is 18.2 Å². The minimum atomic E-state index is -0.782. The lowest BCUT2D eigenvalue weighted by atomic mass is 10.0. The van der Waals surface area contributed by atoms with E-state index < -0.39 is 5.97 Å². The maximum Gasteiger partial charge on any atom is 0.303 e. The van der Waals surface area contributed by atoms with Crippen LogP contribution in [-0.2, 0) is 16.0 Å². The Morgan fingerprint density at radius 1 is 1.14 bits per heavy atom. The number of carbonyl (C=O) groups excluding carboxylic acids is 1. The van der Waals surface area contributed by atoms with Crippen molar-refractivity contribution >= 4 is 11.9 Å². The zero-order valence-corrected chi connectivity index (χ0v) is 12.7. The Labute approximate surface area is 126 Å². The molecule has 0 fully saturated rings. The number of aliphatic carboxylic acids is 1. The minimum absolute atomic E-state index is 0.00758. The fourth-order valence-corrected chi connectivity index (χ4v) is 2.18. The molecule has 0 aliphatic rings. The maximum atomic E-state index is 11.9. The summed E-state index contributed by atoms with van der Waals surface area (Å²) in [6, 6.07) is 10.3. The van der Waals surface area contributed by atoms with Crippen LogP contribution in [0.25, 0.3) is 0 Å². The summed E-state index contributed by atoms with van der Waals surface area (Å²) in [5, 5.41) is 11.4. The molecule has 116 valence electrons.